The Hall–Kier alpha value is -3.37. The molecule has 0 aliphatic heterocycles. The van der Waals surface area contributed by atoms with E-state index in [2.05, 4.69) is 0 Å². The van der Waals surface area contributed by atoms with Gasteiger partial charge in [0.1, 0.15) is 17.3 Å². The van der Waals surface area contributed by atoms with Crippen molar-refractivity contribution in [3.63, 3.8) is 0 Å². The van der Waals surface area contributed by atoms with Gasteiger partial charge in [-0.15, -0.1) is 0 Å². The molecule has 0 saturated carbocycles. The number of nitrogens with zero attached hydrogens (tertiary/aromatic N) is 3. The third kappa shape index (κ3) is 4.25. The van der Waals surface area contributed by atoms with Gasteiger partial charge in [0, 0.05) is 25.7 Å². The van der Waals surface area contributed by atoms with E-state index in [9.17, 15) is 18.5 Å². The number of fused-ring (bicyclic) bond motifs is 1. The zero-order valence-corrected chi connectivity index (χ0v) is 19.1. The lowest BCUT2D eigenvalue weighted by Crippen LogP contribution is -2.20. The Balaban J connectivity index is 2.37. The standard InChI is InChI=1S/C24H25N3O3S/c1-16(2)18-8-9-19-13-23(24(28)20(14-25)15-26(4)5)27(22(19)12-18)31(29,30)21-10-6-17(3)7-11-21/h6-13,15-16H,1-5H3/b20-15+. The first-order valence-electron chi connectivity index (χ1n) is 9.87. The van der Waals surface area contributed by atoms with Gasteiger partial charge in [-0.1, -0.05) is 43.7 Å². The molecule has 3 rings (SSSR count). The number of allylic oxidation sites excluding steroid dienone is 1. The van der Waals surface area contributed by atoms with E-state index >= 15 is 0 Å². The van der Waals surface area contributed by atoms with Crippen LogP contribution in [0.5, 0.6) is 0 Å². The molecule has 160 valence electrons. The summed E-state index contributed by atoms with van der Waals surface area (Å²) < 4.78 is 28.4. The van der Waals surface area contributed by atoms with Gasteiger partial charge in [-0.3, -0.25) is 4.79 Å². The summed E-state index contributed by atoms with van der Waals surface area (Å²) in [5.41, 5.74) is 2.09. The number of ketones is 1. The minimum absolute atomic E-state index is 0.0638. The quantitative estimate of drug-likeness (QED) is 0.324. The molecule has 1 heterocycles. The molecule has 0 atom stereocenters. The molecule has 31 heavy (non-hydrogen) atoms. The Morgan fingerprint density at radius 1 is 1.10 bits per heavy atom. The van der Waals surface area contributed by atoms with E-state index in [4.69, 9.17) is 0 Å². The zero-order valence-electron chi connectivity index (χ0n) is 18.2. The molecular weight excluding hydrogens is 410 g/mol. The topological polar surface area (TPSA) is 83.2 Å². The van der Waals surface area contributed by atoms with Gasteiger partial charge < -0.3 is 4.90 Å². The van der Waals surface area contributed by atoms with Crippen LogP contribution in [0, 0.1) is 18.3 Å². The minimum atomic E-state index is -4.08. The summed E-state index contributed by atoms with van der Waals surface area (Å²) in [6, 6.07) is 15.4. The molecule has 0 unspecified atom stereocenters. The van der Waals surface area contributed by atoms with Crippen molar-refractivity contribution in [2.75, 3.05) is 14.1 Å². The van der Waals surface area contributed by atoms with Crippen molar-refractivity contribution < 1.29 is 13.2 Å². The number of aromatic nitrogens is 1. The Bertz CT molecular complexity index is 1320. The molecule has 0 spiro atoms. The molecule has 7 heteroatoms. The first-order chi connectivity index (χ1) is 14.6. The van der Waals surface area contributed by atoms with Crippen molar-refractivity contribution in [3.05, 3.63) is 77.1 Å². The summed E-state index contributed by atoms with van der Waals surface area (Å²) in [5, 5.41) is 10.1. The van der Waals surface area contributed by atoms with Crippen LogP contribution in [0.2, 0.25) is 0 Å². The molecule has 0 fully saturated rings. The van der Waals surface area contributed by atoms with Crippen molar-refractivity contribution in [1.29, 1.82) is 5.26 Å². The number of carbonyl (C=O) groups excluding carboxylic acids is 1. The SMILES string of the molecule is Cc1ccc(S(=O)(=O)n2c(C(=O)/C(C#N)=C/N(C)C)cc3ccc(C(C)C)cc32)cc1. The molecule has 0 saturated heterocycles. The molecular formula is C24H25N3O3S. The van der Waals surface area contributed by atoms with Gasteiger partial charge in [-0.2, -0.15) is 5.26 Å². The summed E-state index contributed by atoms with van der Waals surface area (Å²) in [6.07, 6.45) is 1.39. The van der Waals surface area contributed by atoms with Crippen LogP contribution in [0.1, 0.15) is 41.4 Å². The maximum Gasteiger partial charge on any atom is 0.268 e. The number of rotatable bonds is 6. The Labute approximate surface area is 183 Å². The number of hydrogen-bond donors (Lipinski definition) is 0. The van der Waals surface area contributed by atoms with Crippen LogP contribution in [-0.4, -0.2) is 37.2 Å². The van der Waals surface area contributed by atoms with Gasteiger partial charge in [-0.05, 0) is 42.7 Å². The molecule has 0 radical (unpaired) electrons. The largest absolute Gasteiger partial charge is 0.382 e. The maximum absolute atomic E-state index is 13.7. The number of nitriles is 1. The monoisotopic (exact) mass is 435 g/mol. The van der Waals surface area contributed by atoms with Crippen molar-refractivity contribution in [2.24, 2.45) is 0 Å². The molecule has 0 bridgehead atoms. The van der Waals surface area contributed by atoms with Gasteiger partial charge >= 0.3 is 0 Å². The normalized spacial score (nSPS) is 12.2. The van der Waals surface area contributed by atoms with Crippen molar-refractivity contribution in [3.8, 4) is 6.07 Å². The fraction of sp³-hybridized carbons (Fsp3) is 0.250. The van der Waals surface area contributed by atoms with Crippen LogP contribution in [0.15, 0.2) is 65.2 Å². The molecule has 6 nitrogen and oxygen atoms in total. The second kappa shape index (κ2) is 8.40. The number of benzene rings is 2. The van der Waals surface area contributed by atoms with Gasteiger partial charge in [0.05, 0.1) is 10.4 Å². The van der Waals surface area contributed by atoms with Crippen molar-refractivity contribution in [1.82, 2.24) is 8.87 Å². The summed E-state index contributed by atoms with van der Waals surface area (Å²) in [6.45, 7) is 5.90. The molecule has 0 aliphatic carbocycles. The van der Waals surface area contributed by atoms with E-state index < -0.39 is 15.8 Å². The highest BCUT2D eigenvalue weighted by molar-refractivity contribution is 7.90. The predicted octanol–water partition coefficient (Wildman–Crippen LogP) is 4.46. The van der Waals surface area contributed by atoms with E-state index in [0.717, 1.165) is 15.1 Å². The van der Waals surface area contributed by atoms with Crippen molar-refractivity contribution in [2.45, 2.75) is 31.6 Å². The molecule has 0 amide bonds. The first-order valence-corrected chi connectivity index (χ1v) is 11.3. The summed E-state index contributed by atoms with van der Waals surface area (Å²) >= 11 is 0. The fourth-order valence-electron chi connectivity index (χ4n) is 3.32. The lowest BCUT2D eigenvalue weighted by atomic mass is 10.0. The highest BCUT2D eigenvalue weighted by Crippen LogP contribution is 2.30. The Morgan fingerprint density at radius 3 is 2.29 bits per heavy atom. The van der Waals surface area contributed by atoms with E-state index in [1.54, 1.807) is 37.2 Å². The first kappa shape index (κ1) is 22.3. The van der Waals surface area contributed by atoms with Crippen LogP contribution in [-0.2, 0) is 10.0 Å². The number of Topliss-reactive ketones (excluding diaryl/α,β-unsaturated/α-hetero) is 1. The summed E-state index contributed by atoms with van der Waals surface area (Å²) in [4.78, 5) is 14.9. The van der Waals surface area contributed by atoms with Gasteiger partial charge in [0.15, 0.2) is 0 Å². The van der Waals surface area contributed by atoms with Crippen LogP contribution in [0.3, 0.4) is 0 Å². The molecule has 3 aromatic rings. The summed E-state index contributed by atoms with van der Waals surface area (Å²) in [7, 11) is -0.697. The van der Waals surface area contributed by atoms with E-state index in [0.29, 0.717) is 10.9 Å². The average molecular weight is 436 g/mol. The second-order valence-corrected chi connectivity index (χ2v) is 9.82. The van der Waals surface area contributed by atoms with Crippen LogP contribution in [0.4, 0.5) is 0 Å². The Morgan fingerprint density at radius 2 is 1.74 bits per heavy atom. The predicted molar refractivity (Wildman–Crippen MR) is 122 cm³/mol. The van der Waals surface area contributed by atoms with Crippen LogP contribution < -0.4 is 0 Å². The number of hydrogen-bond acceptors (Lipinski definition) is 5. The van der Waals surface area contributed by atoms with E-state index in [1.165, 1.54) is 24.4 Å². The fourth-order valence-corrected chi connectivity index (χ4v) is 4.82. The van der Waals surface area contributed by atoms with Gasteiger partial charge in [0.25, 0.3) is 10.0 Å². The zero-order chi connectivity index (χ0) is 22.9. The van der Waals surface area contributed by atoms with Gasteiger partial charge in [0.2, 0.25) is 5.78 Å². The van der Waals surface area contributed by atoms with E-state index in [-0.39, 0.29) is 22.1 Å². The number of carbonyl (C=O) groups is 1. The van der Waals surface area contributed by atoms with Gasteiger partial charge in [-0.25, -0.2) is 12.4 Å². The maximum atomic E-state index is 13.7. The second-order valence-electron chi connectivity index (χ2n) is 8.03. The summed E-state index contributed by atoms with van der Waals surface area (Å²) in [5.74, 6) is -0.466. The third-order valence-electron chi connectivity index (χ3n) is 5.00. The Kier molecular flexibility index (Phi) is 6.05. The number of aryl methyl sites for hydroxylation is 1. The van der Waals surface area contributed by atoms with Crippen molar-refractivity contribution >= 4 is 26.7 Å². The molecule has 2 aromatic carbocycles. The minimum Gasteiger partial charge on any atom is -0.382 e. The lowest BCUT2D eigenvalue weighted by molar-refractivity contribution is 0.103. The smallest absolute Gasteiger partial charge is 0.268 e. The van der Waals surface area contributed by atoms with Crippen LogP contribution >= 0.6 is 0 Å². The average Bonchev–Trinajstić information content (AvgIpc) is 3.11. The molecule has 0 aliphatic rings. The lowest BCUT2D eigenvalue weighted by Gasteiger charge is -2.13. The van der Waals surface area contributed by atoms with E-state index in [1.807, 2.05) is 39.0 Å². The highest BCUT2D eigenvalue weighted by Gasteiger charge is 2.28. The van der Waals surface area contributed by atoms with Crippen LogP contribution in [0.25, 0.3) is 10.9 Å². The highest BCUT2D eigenvalue weighted by atomic mass is 32.2. The molecule has 1 aromatic heterocycles. The molecule has 0 N–H and O–H groups in total. The third-order valence-corrected chi connectivity index (χ3v) is 6.74.